The second-order valence-electron chi connectivity index (χ2n) is 6.51. The molecule has 0 aliphatic rings. The highest BCUT2D eigenvalue weighted by atomic mass is 16.5. The molecule has 28 heavy (non-hydrogen) atoms. The minimum atomic E-state index is -0.609. The van der Waals surface area contributed by atoms with E-state index in [9.17, 15) is 9.59 Å². The first-order chi connectivity index (χ1) is 13.5. The number of carbonyl (C=O) groups is 2. The van der Waals surface area contributed by atoms with E-state index in [1.165, 1.54) is 0 Å². The largest absolute Gasteiger partial charge is 0.489 e. The van der Waals surface area contributed by atoms with Crippen molar-refractivity contribution < 1.29 is 18.7 Å². The maximum atomic E-state index is 12.7. The van der Waals surface area contributed by atoms with E-state index < -0.39 is 11.9 Å². The van der Waals surface area contributed by atoms with Crippen LogP contribution in [0.4, 0.5) is 4.79 Å². The molecule has 0 unspecified atom stereocenters. The first kappa shape index (κ1) is 19.2. The van der Waals surface area contributed by atoms with Gasteiger partial charge in [0.2, 0.25) is 5.76 Å². The van der Waals surface area contributed by atoms with E-state index in [0.717, 1.165) is 10.9 Å². The number of fused-ring (bicyclic) bond motifs is 1. The monoisotopic (exact) mass is 378 g/mol. The molecule has 2 aromatic carbocycles. The topological polar surface area (TPSA) is 80.6 Å². The molecule has 0 spiro atoms. The third kappa shape index (κ3) is 4.23. The van der Waals surface area contributed by atoms with Crippen molar-refractivity contribution in [2.45, 2.75) is 19.9 Å². The minimum Gasteiger partial charge on any atom is -0.489 e. The van der Waals surface area contributed by atoms with Crippen LogP contribution >= 0.6 is 0 Å². The molecule has 144 valence electrons. The number of carbonyl (C=O) groups excluding carboxylic acids is 2. The van der Waals surface area contributed by atoms with Gasteiger partial charge in [0.25, 0.3) is 5.91 Å². The van der Waals surface area contributed by atoms with Crippen molar-refractivity contribution >= 4 is 22.9 Å². The van der Waals surface area contributed by atoms with Crippen molar-refractivity contribution in [3.05, 3.63) is 66.9 Å². The molecular weight excluding hydrogens is 356 g/mol. The van der Waals surface area contributed by atoms with Crippen LogP contribution in [-0.4, -0.2) is 24.6 Å². The number of ether oxygens (including phenoxy) is 1. The zero-order valence-corrected chi connectivity index (χ0v) is 15.8. The van der Waals surface area contributed by atoms with Gasteiger partial charge in [0.1, 0.15) is 17.9 Å². The van der Waals surface area contributed by atoms with Crippen LogP contribution in [0.1, 0.15) is 24.4 Å². The van der Waals surface area contributed by atoms with Crippen LogP contribution in [0.5, 0.6) is 5.75 Å². The molecule has 3 rings (SSSR count). The molecule has 0 aliphatic heterocycles. The maximum Gasteiger partial charge on any atom is 0.321 e. The molecule has 1 heterocycles. The van der Waals surface area contributed by atoms with E-state index in [1.54, 1.807) is 18.2 Å². The zero-order chi connectivity index (χ0) is 20.1. The summed E-state index contributed by atoms with van der Waals surface area (Å²) in [7, 11) is 0. The van der Waals surface area contributed by atoms with Gasteiger partial charge in [0, 0.05) is 23.1 Å². The molecule has 3 aromatic rings. The number of furan rings is 1. The highest BCUT2D eigenvalue weighted by Gasteiger charge is 2.23. The van der Waals surface area contributed by atoms with Crippen molar-refractivity contribution in [1.29, 1.82) is 0 Å². The standard InChI is InChI=1S/C22H22N2O4/c1-4-12-27-16-10-11-17-18(13-16)28-20(19(17)15-8-6-5-7-9-15)21(25)24-22(26)23-14(2)3/h4-11,13-14H,1,12H2,2-3H3,(H2,23,24,25,26). The number of benzene rings is 2. The Morgan fingerprint density at radius 3 is 2.61 bits per heavy atom. The summed E-state index contributed by atoms with van der Waals surface area (Å²) in [6.07, 6.45) is 1.65. The third-order valence-electron chi connectivity index (χ3n) is 3.94. The molecule has 6 heteroatoms. The van der Waals surface area contributed by atoms with Crippen LogP contribution < -0.4 is 15.4 Å². The van der Waals surface area contributed by atoms with Crippen LogP contribution in [-0.2, 0) is 0 Å². The molecule has 0 saturated heterocycles. The number of hydrogen-bond donors (Lipinski definition) is 2. The molecule has 0 fully saturated rings. The lowest BCUT2D eigenvalue weighted by Gasteiger charge is -2.09. The first-order valence-electron chi connectivity index (χ1n) is 8.97. The van der Waals surface area contributed by atoms with Gasteiger partial charge in [-0.25, -0.2) is 4.79 Å². The quantitative estimate of drug-likeness (QED) is 0.618. The van der Waals surface area contributed by atoms with Gasteiger partial charge < -0.3 is 14.5 Å². The van der Waals surface area contributed by atoms with E-state index >= 15 is 0 Å². The Kier molecular flexibility index (Phi) is 5.79. The Morgan fingerprint density at radius 1 is 1.18 bits per heavy atom. The van der Waals surface area contributed by atoms with Crippen molar-refractivity contribution in [1.82, 2.24) is 10.6 Å². The number of amides is 3. The molecule has 2 N–H and O–H groups in total. The smallest absolute Gasteiger partial charge is 0.321 e. The Balaban J connectivity index is 2.05. The number of rotatable bonds is 6. The van der Waals surface area contributed by atoms with E-state index in [2.05, 4.69) is 17.2 Å². The highest BCUT2D eigenvalue weighted by Crippen LogP contribution is 2.36. The Labute approximate surface area is 163 Å². The van der Waals surface area contributed by atoms with E-state index in [4.69, 9.17) is 9.15 Å². The third-order valence-corrected chi connectivity index (χ3v) is 3.94. The fourth-order valence-corrected chi connectivity index (χ4v) is 2.83. The fraction of sp³-hybridized carbons (Fsp3) is 0.182. The molecule has 0 aliphatic carbocycles. The van der Waals surface area contributed by atoms with Crippen LogP contribution in [0, 0.1) is 0 Å². The second-order valence-corrected chi connectivity index (χ2v) is 6.51. The average Bonchev–Trinajstić information content (AvgIpc) is 3.05. The summed E-state index contributed by atoms with van der Waals surface area (Å²) in [5.74, 6) is 0.0630. The number of nitrogens with one attached hydrogen (secondary N) is 2. The molecule has 0 atom stereocenters. The molecule has 1 aromatic heterocycles. The Hall–Kier alpha value is -3.54. The van der Waals surface area contributed by atoms with Crippen LogP contribution in [0.2, 0.25) is 0 Å². The molecule has 3 amide bonds. The molecule has 0 radical (unpaired) electrons. The van der Waals surface area contributed by atoms with Crippen LogP contribution in [0.15, 0.2) is 65.6 Å². The summed E-state index contributed by atoms with van der Waals surface area (Å²) in [4.78, 5) is 24.7. The van der Waals surface area contributed by atoms with Gasteiger partial charge in [0.15, 0.2) is 0 Å². The summed E-state index contributed by atoms with van der Waals surface area (Å²) in [5.41, 5.74) is 1.94. The van der Waals surface area contributed by atoms with Gasteiger partial charge in [-0.1, -0.05) is 43.0 Å². The van der Waals surface area contributed by atoms with Crippen molar-refractivity contribution in [3.8, 4) is 16.9 Å². The van der Waals surface area contributed by atoms with Crippen LogP contribution in [0.25, 0.3) is 22.1 Å². The summed E-state index contributed by atoms with van der Waals surface area (Å²) in [6.45, 7) is 7.61. The summed E-state index contributed by atoms with van der Waals surface area (Å²) >= 11 is 0. The first-order valence-corrected chi connectivity index (χ1v) is 8.97. The highest BCUT2D eigenvalue weighted by molar-refractivity contribution is 6.12. The van der Waals surface area contributed by atoms with Gasteiger partial charge in [-0.05, 0) is 31.5 Å². The summed E-state index contributed by atoms with van der Waals surface area (Å²) < 4.78 is 11.4. The fourth-order valence-electron chi connectivity index (χ4n) is 2.83. The predicted molar refractivity (Wildman–Crippen MR) is 108 cm³/mol. The van der Waals surface area contributed by atoms with Crippen molar-refractivity contribution in [2.75, 3.05) is 6.61 Å². The predicted octanol–water partition coefficient (Wildman–Crippen LogP) is 4.51. The summed E-state index contributed by atoms with van der Waals surface area (Å²) in [6, 6.07) is 14.1. The van der Waals surface area contributed by atoms with E-state index in [1.807, 2.05) is 50.2 Å². The van der Waals surface area contributed by atoms with Gasteiger partial charge in [0.05, 0.1) is 0 Å². The lowest BCUT2D eigenvalue weighted by Crippen LogP contribution is -2.42. The number of urea groups is 1. The Bertz CT molecular complexity index is 1010. The average molecular weight is 378 g/mol. The Morgan fingerprint density at radius 2 is 1.93 bits per heavy atom. The van der Waals surface area contributed by atoms with Gasteiger partial charge in [-0.2, -0.15) is 0 Å². The summed E-state index contributed by atoms with van der Waals surface area (Å²) in [5, 5.41) is 5.70. The lowest BCUT2D eigenvalue weighted by molar-refractivity contribution is 0.0939. The number of hydrogen-bond acceptors (Lipinski definition) is 4. The van der Waals surface area contributed by atoms with E-state index in [-0.39, 0.29) is 11.8 Å². The maximum absolute atomic E-state index is 12.7. The lowest BCUT2D eigenvalue weighted by atomic mass is 10.0. The van der Waals surface area contributed by atoms with Gasteiger partial charge >= 0.3 is 6.03 Å². The van der Waals surface area contributed by atoms with Gasteiger partial charge in [-0.15, -0.1) is 0 Å². The molecule has 6 nitrogen and oxygen atoms in total. The molecule has 0 bridgehead atoms. The number of imide groups is 1. The van der Waals surface area contributed by atoms with Crippen LogP contribution in [0.3, 0.4) is 0 Å². The molecule has 0 saturated carbocycles. The zero-order valence-electron chi connectivity index (χ0n) is 15.8. The van der Waals surface area contributed by atoms with Gasteiger partial charge in [-0.3, -0.25) is 10.1 Å². The normalized spacial score (nSPS) is 10.7. The van der Waals surface area contributed by atoms with E-state index in [0.29, 0.717) is 23.5 Å². The minimum absolute atomic E-state index is 0.0703. The van der Waals surface area contributed by atoms with Crippen molar-refractivity contribution in [2.24, 2.45) is 0 Å². The second kappa shape index (κ2) is 8.43. The SMILES string of the molecule is C=CCOc1ccc2c(-c3ccccc3)c(C(=O)NC(=O)NC(C)C)oc2c1. The molecular formula is C22H22N2O4. The van der Waals surface area contributed by atoms with Crippen molar-refractivity contribution in [3.63, 3.8) is 0 Å².